The van der Waals surface area contributed by atoms with Crippen molar-refractivity contribution >= 4 is 39.3 Å². The molecular weight excluding hydrogens is 458 g/mol. The molecule has 3 aromatic rings. The van der Waals surface area contributed by atoms with Crippen LogP contribution in [0.2, 0.25) is 5.02 Å². The molecule has 0 unspecified atom stereocenters. The number of anilines is 1. The standard InChI is InChI=1S/C25H26ClN3O3S/c1-3-28(4-2)33(31,32)24-15-8-20(9-16-24)10-17-25(30)29(19-22-7-5-6-18-27-22)23-13-11-21(26)12-14-23/h5-18H,3-4,19H2,1-2H3/b17-10+. The normalized spacial score (nSPS) is 11.8. The second-order valence-corrected chi connectivity index (χ2v) is 9.59. The maximum Gasteiger partial charge on any atom is 0.251 e. The lowest BCUT2D eigenvalue weighted by atomic mass is 10.2. The van der Waals surface area contributed by atoms with E-state index in [1.807, 2.05) is 18.2 Å². The first-order valence-electron chi connectivity index (χ1n) is 10.6. The van der Waals surface area contributed by atoms with E-state index < -0.39 is 10.0 Å². The molecular formula is C25H26ClN3O3S. The third-order valence-corrected chi connectivity index (χ3v) is 7.41. The lowest BCUT2D eigenvalue weighted by Gasteiger charge is -2.21. The summed E-state index contributed by atoms with van der Waals surface area (Å²) in [7, 11) is -3.52. The van der Waals surface area contributed by atoms with Crippen LogP contribution in [0.15, 0.2) is 83.9 Å². The summed E-state index contributed by atoms with van der Waals surface area (Å²) < 4.78 is 26.7. The highest BCUT2D eigenvalue weighted by Crippen LogP contribution is 2.21. The van der Waals surface area contributed by atoms with Gasteiger partial charge in [0.05, 0.1) is 17.1 Å². The van der Waals surface area contributed by atoms with Gasteiger partial charge in [0.15, 0.2) is 0 Å². The van der Waals surface area contributed by atoms with E-state index in [-0.39, 0.29) is 10.8 Å². The minimum absolute atomic E-state index is 0.229. The van der Waals surface area contributed by atoms with E-state index in [0.29, 0.717) is 30.3 Å². The number of carbonyl (C=O) groups excluding carboxylic acids is 1. The Bertz CT molecular complexity index is 1190. The van der Waals surface area contributed by atoms with Crippen LogP contribution >= 0.6 is 11.6 Å². The van der Waals surface area contributed by atoms with E-state index in [0.717, 1.165) is 11.3 Å². The van der Waals surface area contributed by atoms with Crippen molar-refractivity contribution < 1.29 is 13.2 Å². The Balaban J connectivity index is 1.81. The molecule has 6 nitrogen and oxygen atoms in total. The van der Waals surface area contributed by atoms with Crippen LogP contribution in [0.1, 0.15) is 25.1 Å². The molecule has 0 fully saturated rings. The molecule has 0 radical (unpaired) electrons. The molecule has 0 atom stereocenters. The highest BCUT2D eigenvalue weighted by molar-refractivity contribution is 7.89. The summed E-state index contributed by atoms with van der Waals surface area (Å²) in [5, 5.41) is 0.583. The van der Waals surface area contributed by atoms with Crippen LogP contribution in [0.4, 0.5) is 5.69 Å². The lowest BCUT2D eigenvalue weighted by Crippen LogP contribution is -2.30. The lowest BCUT2D eigenvalue weighted by molar-refractivity contribution is -0.114. The number of pyridine rings is 1. The SMILES string of the molecule is CCN(CC)S(=O)(=O)c1ccc(/C=C/C(=O)N(Cc2ccccn2)c2ccc(Cl)cc2)cc1. The Morgan fingerprint density at radius 3 is 2.21 bits per heavy atom. The van der Waals surface area contributed by atoms with E-state index >= 15 is 0 Å². The molecule has 0 aliphatic carbocycles. The zero-order chi connectivity index (χ0) is 23.8. The molecule has 0 aliphatic rings. The molecule has 1 aromatic heterocycles. The van der Waals surface area contributed by atoms with Crippen molar-refractivity contribution in [2.24, 2.45) is 0 Å². The second-order valence-electron chi connectivity index (χ2n) is 7.21. The van der Waals surface area contributed by atoms with Gasteiger partial charge in [-0.3, -0.25) is 9.78 Å². The van der Waals surface area contributed by atoms with Crippen molar-refractivity contribution in [2.45, 2.75) is 25.3 Å². The molecule has 3 rings (SSSR count). The number of sulfonamides is 1. The zero-order valence-corrected chi connectivity index (χ0v) is 20.1. The fourth-order valence-electron chi connectivity index (χ4n) is 3.29. The second kappa shape index (κ2) is 11.2. The maximum atomic E-state index is 13.1. The average Bonchev–Trinajstić information content (AvgIpc) is 2.83. The summed E-state index contributed by atoms with van der Waals surface area (Å²) in [6, 6.07) is 19.1. The van der Waals surface area contributed by atoms with Gasteiger partial charge >= 0.3 is 0 Å². The van der Waals surface area contributed by atoms with Crippen LogP contribution in [0.25, 0.3) is 6.08 Å². The first kappa shape index (κ1) is 24.6. The molecule has 1 amide bonds. The molecule has 0 bridgehead atoms. The van der Waals surface area contributed by atoms with E-state index in [9.17, 15) is 13.2 Å². The Kier molecular flexibility index (Phi) is 8.38. The van der Waals surface area contributed by atoms with Gasteiger partial charge in [-0.15, -0.1) is 0 Å². The van der Waals surface area contributed by atoms with Crippen LogP contribution in [0.3, 0.4) is 0 Å². The number of hydrogen-bond donors (Lipinski definition) is 0. The number of rotatable bonds is 9. The molecule has 0 spiro atoms. The number of aromatic nitrogens is 1. The fraction of sp³-hybridized carbons (Fsp3) is 0.200. The van der Waals surface area contributed by atoms with E-state index in [1.165, 1.54) is 10.4 Å². The van der Waals surface area contributed by atoms with Crippen molar-refractivity contribution in [3.63, 3.8) is 0 Å². The summed E-state index contributed by atoms with van der Waals surface area (Å²) in [5.74, 6) is -0.234. The zero-order valence-electron chi connectivity index (χ0n) is 18.6. The van der Waals surface area contributed by atoms with Crippen molar-refractivity contribution in [3.8, 4) is 0 Å². The van der Waals surface area contributed by atoms with Gasteiger partial charge in [-0.05, 0) is 60.2 Å². The minimum Gasteiger partial charge on any atom is -0.303 e. The van der Waals surface area contributed by atoms with Gasteiger partial charge < -0.3 is 4.90 Å². The summed E-state index contributed by atoms with van der Waals surface area (Å²) in [5.41, 5.74) is 2.16. The molecule has 2 aromatic carbocycles. The largest absolute Gasteiger partial charge is 0.303 e. The predicted octanol–water partition coefficient (Wildman–Crippen LogP) is 5.01. The number of halogens is 1. The monoisotopic (exact) mass is 483 g/mol. The molecule has 0 aliphatic heterocycles. The van der Waals surface area contributed by atoms with E-state index in [2.05, 4.69) is 4.98 Å². The summed E-state index contributed by atoms with van der Waals surface area (Å²) >= 11 is 6.00. The van der Waals surface area contributed by atoms with Gasteiger partial charge in [0.2, 0.25) is 10.0 Å². The molecule has 1 heterocycles. The minimum atomic E-state index is -3.52. The summed E-state index contributed by atoms with van der Waals surface area (Å²) in [6.07, 6.45) is 4.81. The van der Waals surface area contributed by atoms with Crippen LogP contribution in [-0.4, -0.2) is 36.7 Å². The topological polar surface area (TPSA) is 70.6 Å². The molecule has 33 heavy (non-hydrogen) atoms. The number of benzene rings is 2. The van der Waals surface area contributed by atoms with E-state index in [4.69, 9.17) is 11.6 Å². The van der Waals surface area contributed by atoms with Gasteiger partial charge in [0, 0.05) is 36.1 Å². The van der Waals surface area contributed by atoms with Gasteiger partial charge in [0.1, 0.15) is 0 Å². The van der Waals surface area contributed by atoms with Crippen LogP contribution < -0.4 is 4.90 Å². The average molecular weight is 484 g/mol. The number of amides is 1. The van der Waals surface area contributed by atoms with Crippen molar-refractivity contribution in [1.82, 2.24) is 9.29 Å². The van der Waals surface area contributed by atoms with Crippen LogP contribution in [-0.2, 0) is 21.4 Å². The van der Waals surface area contributed by atoms with Gasteiger partial charge in [-0.1, -0.05) is 43.6 Å². The highest BCUT2D eigenvalue weighted by atomic mass is 35.5. The Labute approximate surface area is 200 Å². The van der Waals surface area contributed by atoms with Crippen LogP contribution in [0, 0.1) is 0 Å². The third kappa shape index (κ3) is 6.28. The molecule has 8 heteroatoms. The Hall–Kier alpha value is -3.00. The van der Waals surface area contributed by atoms with Gasteiger partial charge in [0.25, 0.3) is 5.91 Å². The summed E-state index contributed by atoms with van der Waals surface area (Å²) in [6.45, 7) is 4.73. The highest BCUT2D eigenvalue weighted by Gasteiger charge is 2.21. The molecule has 0 saturated carbocycles. The first-order valence-corrected chi connectivity index (χ1v) is 12.4. The Morgan fingerprint density at radius 2 is 1.64 bits per heavy atom. The fourth-order valence-corrected chi connectivity index (χ4v) is 4.88. The maximum absolute atomic E-state index is 13.1. The summed E-state index contributed by atoms with van der Waals surface area (Å²) in [4.78, 5) is 19.2. The predicted molar refractivity (Wildman–Crippen MR) is 132 cm³/mol. The smallest absolute Gasteiger partial charge is 0.251 e. The number of hydrogen-bond acceptors (Lipinski definition) is 4. The van der Waals surface area contributed by atoms with Crippen molar-refractivity contribution in [3.05, 3.63) is 95.3 Å². The van der Waals surface area contributed by atoms with E-state index in [1.54, 1.807) is 79.6 Å². The molecule has 172 valence electrons. The van der Waals surface area contributed by atoms with Crippen molar-refractivity contribution in [1.29, 1.82) is 0 Å². The van der Waals surface area contributed by atoms with Crippen molar-refractivity contribution in [2.75, 3.05) is 18.0 Å². The van der Waals surface area contributed by atoms with Crippen LogP contribution in [0.5, 0.6) is 0 Å². The van der Waals surface area contributed by atoms with Gasteiger partial charge in [-0.25, -0.2) is 8.42 Å². The molecule has 0 N–H and O–H groups in total. The number of nitrogens with zero attached hydrogens (tertiary/aromatic N) is 3. The van der Waals surface area contributed by atoms with Gasteiger partial charge in [-0.2, -0.15) is 4.31 Å². The Morgan fingerprint density at radius 1 is 0.970 bits per heavy atom. The number of carbonyl (C=O) groups is 1. The first-order chi connectivity index (χ1) is 15.8. The quantitative estimate of drug-likeness (QED) is 0.401. The molecule has 0 saturated heterocycles. The third-order valence-electron chi connectivity index (χ3n) is 5.09.